The van der Waals surface area contributed by atoms with E-state index in [1.54, 1.807) is 4.90 Å². The molecule has 1 unspecified atom stereocenters. The number of hydrogen-bond donors (Lipinski definition) is 2. The minimum absolute atomic E-state index is 0.00930. The van der Waals surface area contributed by atoms with Crippen molar-refractivity contribution in [2.75, 3.05) is 18.1 Å². The number of aliphatic hydroxyl groups is 1. The van der Waals surface area contributed by atoms with Crippen molar-refractivity contribution < 1.29 is 13.9 Å². The minimum atomic E-state index is -0.655. The van der Waals surface area contributed by atoms with Gasteiger partial charge in [-0.15, -0.1) is 0 Å². The molecule has 0 amide bonds. The maximum Gasteiger partial charge on any atom is 0.150 e. The summed E-state index contributed by atoms with van der Waals surface area (Å²) in [7, 11) is 0. The maximum atomic E-state index is 14.2. The van der Waals surface area contributed by atoms with E-state index >= 15 is 0 Å². The van der Waals surface area contributed by atoms with E-state index in [9.17, 15) is 8.78 Å². The smallest absolute Gasteiger partial charge is 0.150 e. The van der Waals surface area contributed by atoms with Crippen LogP contribution < -0.4 is 10.6 Å². The number of rotatable bonds is 4. The maximum absolute atomic E-state index is 14.2. The van der Waals surface area contributed by atoms with Gasteiger partial charge in [0.2, 0.25) is 0 Å². The fourth-order valence-electron chi connectivity index (χ4n) is 2.73. The average molecular weight is 300 g/mol. The van der Waals surface area contributed by atoms with Crippen LogP contribution in [0, 0.1) is 11.6 Å². The summed E-state index contributed by atoms with van der Waals surface area (Å²) < 4.78 is 28.4. The van der Waals surface area contributed by atoms with Crippen LogP contribution in [0.25, 0.3) is 0 Å². The highest BCUT2D eigenvalue weighted by Crippen LogP contribution is 2.31. The van der Waals surface area contributed by atoms with Crippen molar-refractivity contribution in [3.05, 3.63) is 29.3 Å². The molecule has 0 spiro atoms. The van der Waals surface area contributed by atoms with Gasteiger partial charge < -0.3 is 15.7 Å². The summed E-state index contributed by atoms with van der Waals surface area (Å²) in [5.74, 6) is -1.31. The molecule has 3 N–H and O–H groups in total. The number of hydrogen-bond acceptors (Lipinski definition) is 3. The Hall–Kier alpha value is -1.27. The molecule has 1 atom stereocenters. The molecule has 20 heavy (non-hydrogen) atoms. The van der Waals surface area contributed by atoms with Gasteiger partial charge in [0.1, 0.15) is 22.3 Å². The minimum Gasteiger partial charge on any atom is -0.396 e. The lowest BCUT2D eigenvalue weighted by Gasteiger charge is -2.37. The van der Waals surface area contributed by atoms with Crippen LogP contribution in [0.4, 0.5) is 14.5 Å². The molecule has 3 nitrogen and oxygen atoms in total. The van der Waals surface area contributed by atoms with E-state index < -0.39 is 11.6 Å². The first-order valence-electron chi connectivity index (χ1n) is 6.71. The van der Waals surface area contributed by atoms with E-state index in [0.29, 0.717) is 13.0 Å². The van der Waals surface area contributed by atoms with Crippen LogP contribution in [0.2, 0.25) is 0 Å². The van der Waals surface area contributed by atoms with Crippen molar-refractivity contribution in [1.82, 2.24) is 0 Å². The van der Waals surface area contributed by atoms with Crippen molar-refractivity contribution in [3.8, 4) is 0 Å². The first kappa shape index (κ1) is 15.1. The third kappa shape index (κ3) is 3.07. The lowest BCUT2D eigenvalue weighted by atomic mass is 9.98. The highest BCUT2D eigenvalue weighted by Gasteiger charge is 2.27. The summed E-state index contributed by atoms with van der Waals surface area (Å²) in [4.78, 5) is 1.69. The second kappa shape index (κ2) is 6.45. The monoisotopic (exact) mass is 300 g/mol. The highest BCUT2D eigenvalue weighted by atomic mass is 32.1. The first-order chi connectivity index (χ1) is 9.54. The largest absolute Gasteiger partial charge is 0.396 e. The Balaban J connectivity index is 2.37. The van der Waals surface area contributed by atoms with Crippen molar-refractivity contribution >= 4 is 22.9 Å². The number of thiocarbonyl (C=S) groups is 1. The third-order valence-corrected chi connectivity index (χ3v) is 3.91. The van der Waals surface area contributed by atoms with Gasteiger partial charge in [-0.3, -0.25) is 0 Å². The van der Waals surface area contributed by atoms with Gasteiger partial charge >= 0.3 is 0 Å². The number of halogens is 2. The van der Waals surface area contributed by atoms with Crippen LogP contribution in [0.3, 0.4) is 0 Å². The SMILES string of the molecule is NC(=S)c1cc(F)c(N2CCCCC2CCO)c(F)c1. The second-order valence-corrected chi connectivity index (χ2v) is 5.45. The van der Waals surface area contributed by atoms with E-state index in [4.69, 9.17) is 23.1 Å². The molecule has 110 valence electrons. The van der Waals surface area contributed by atoms with Gasteiger partial charge in [0.25, 0.3) is 0 Å². The summed E-state index contributed by atoms with van der Waals surface area (Å²) in [6.07, 6.45) is 3.24. The average Bonchev–Trinajstić information content (AvgIpc) is 2.40. The Morgan fingerprint density at radius 1 is 1.35 bits per heavy atom. The number of nitrogens with two attached hydrogens (primary N) is 1. The molecule has 6 heteroatoms. The van der Waals surface area contributed by atoms with Crippen LogP contribution in [0.15, 0.2) is 12.1 Å². The quantitative estimate of drug-likeness (QED) is 0.838. The Labute approximate surface area is 122 Å². The summed E-state index contributed by atoms with van der Waals surface area (Å²) in [5.41, 5.74) is 5.56. The fourth-order valence-corrected chi connectivity index (χ4v) is 2.84. The van der Waals surface area contributed by atoms with Gasteiger partial charge in [0, 0.05) is 24.8 Å². The highest BCUT2D eigenvalue weighted by molar-refractivity contribution is 7.80. The van der Waals surface area contributed by atoms with Crippen molar-refractivity contribution in [2.45, 2.75) is 31.7 Å². The Morgan fingerprint density at radius 3 is 2.55 bits per heavy atom. The van der Waals surface area contributed by atoms with Gasteiger partial charge in [0.15, 0.2) is 0 Å². The lowest BCUT2D eigenvalue weighted by Crippen LogP contribution is -2.41. The van der Waals surface area contributed by atoms with Crippen LogP contribution in [-0.4, -0.2) is 29.3 Å². The molecular weight excluding hydrogens is 282 g/mol. The van der Waals surface area contributed by atoms with Crippen LogP contribution in [-0.2, 0) is 0 Å². The topological polar surface area (TPSA) is 49.5 Å². The molecule has 1 fully saturated rings. The molecule has 0 saturated carbocycles. The standard InChI is InChI=1S/C14H18F2N2OS/c15-11-7-9(14(17)20)8-12(16)13(11)18-5-2-1-3-10(18)4-6-19/h7-8,10,19H,1-6H2,(H2,17,20). The molecule has 2 rings (SSSR count). The molecular formula is C14H18F2N2OS. The van der Waals surface area contributed by atoms with Crippen LogP contribution >= 0.6 is 12.2 Å². The van der Waals surface area contributed by atoms with E-state index in [2.05, 4.69) is 0 Å². The molecule has 1 aromatic carbocycles. The lowest BCUT2D eigenvalue weighted by molar-refractivity contribution is 0.261. The number of anilines is 1. The zero-order valence-corrected chi connectivity index (χ0v) is 11.9. The zero-order valence-electron chi connectivity index (χ0n) is 11.1. The molecule has 1 aromatic rings. The van der Waals surface area contributed by atoms with Gasteiger partial charge in [-0.25, -0.2) is 8.78 Å². The molecule has 0 bridgehead atoms. The van der Waals surface area contributed by atoms with Crippen molar-refractivity contribution in [1.29, 1.82) is 0 Å². The van der Waals surface area contributed by atoms with E-state index in [1.807, 2.05) is 0 Å². The molecule has 0 aromatic heterocycles. The zero-order chi connectivity index (χ0) is 14.7. The van der Waals surface area contributed by atoms with Gasteiger partial charge in [-0.2, -0.15) is 0 Å². The summed E-state index contributed by atoms with van der Waals surface area (Å²) in [6.45, 7) is 0.598. The predicted molar refractivity (Wildman–Crippen MR) is 78.9 cm³/mol. The molecule has 1 saturated heterocycles. The van der Waals surface area contributed by atoms with Crippen molar-refractivity contribution in [3.63, 3.8) is 0 Å². The molecule has 1 aliphatic heterocycles. The van der Waals surface area contributed by atoms with Gasteiger partial charge in [0.05, 0.1) is 0 Å². The normalized spacial score (nSPS) is 19.1. The van der Waals surface area contributed by atoms with Crippen molar-refractivity contribution in [2.24, 2.45) is 5.73 Å². The van der Waals surface area contributed by atoms with Gasteiger partial charge in [-0.05, 0) is 37.8 Å². The molecule has 1 heterocycles. The number of nitrogens with zero attached hydrogens (tertiary/aromatic N) is 1. The summed E-state index contributed by atoms with van der Waals surface area (Å²) >= 11 is 4.74. The Morgan fingerprint density at radius 2 is 2.00 bits per heavy atom. The molecule has 1 aliphatic rings. The first-order valence-corrected chi connectivity index (χ1v) is 7.11. The second-order valence-electron chi connectivity index (χ2n) is 5.01. The third-order valence-electron chi connectivity index (χ3n) is 3.68. The fraction of sp³-hybridized carbons (Fsp3) is 0.500. The Kier molecular flexibility index (Phi) is 4.88. The molecule has 0 aliphatic carbocycles. The van der Waals surface area contributed by atoms with E-state index in [0.717, 1.165) is 19.3 Å². The number of benzene rings is 1. The molecule has 0 radical (unpaired) electrons. The Bertz CT molecular complexity index is 485. The van der Waals surface area contributed by atoms with Crippen LogP contribution in [0.5, 0.6) is 0 Å². The predicted octanol–water partition coefficient (Wildman–Crippen LogP) is 2.34. The van der Waals surface area contributed by atoms with E-state index in [-0.39, 0.29) is 28.9 Å². The van der Waals surface area contributed by atoms with Crippen LogP contribution in [0.1, 0.15) is 31.2 Å². The van der Waals surface area contributed by atoms with E-state index in [1.165, 1.54) is 12.1 Å². The number of piperidine rings is 1. The van der Waals surface area contributed by atoms with Gasteiger partial charge in [-0.1, -0.05) is 12.2 Å². The summed E-state index contributed by atoms with van der Waals surface area (Å²) in [6, 6.07) is 2.31. The number of aliphatic hydroxyl groups excluding tert-OH is 1. The summed E-state index contributed by atoms with van der Waals surface area (Å²) in [5, 5.41) is 9.09.